The molecular formula is C22H16N2O4S2. The first-order chi connectivity index (χ1) is 14.6. The molecule has 3 heterocycles. The first-order valence-corrected chi connectivity index (χ1v) is 11.0. The van der Waals surface area contributed by atoms with Gasteiger partial charge in [0.1, 0.15) is 4.83 Å². The third kappa shape index (κ3) is 3.38. The maximum absolute atomic E-state index is 12.8. The molecule has 8 heteroatoms. The summed E-state index contributed by atoms with van der Waals surface area (Å²) in [5.41, 5.74) is 1.48. The maximum atomic E-state index is 12.8. The van der Waals surface area contributed by atoms with Crippen molar-refractivity contribution in [3.8, 4) is 21.9 Å². The van der Waals surface area contributed by atoms with E-state index in [9.17, 15) is 9.59 Å². The summed E-state index contributed by atoms with van der Waals surface area (Å²) in [5.74, 6) is 1.32. The third-order valence-electron chi connectivity index (χ3n) is 4.82. The highest BCUT2D eigenvalue weighted by Gasteiger charge is 2.18. The molecule has 1 aliphatic rings. The quantitative estimate of drug-likeness (QED) is 0.263. The third-order valence-corrected chi connectivity index (χ3v) is 6.92. The van der Waals surface area contributed by atoms with Crippen molar-refractivity contribution in [2.75, 3.05) is 12.5 Å². The maximum Gasteiger partial charge on any atom is 0.262 e. The fourth-order valence-electron chi connectivity index (χ4n) is 3.20. The Balaban J connectivity index is 1.41. The highest BCUT2D eigenvalue weighted by Crippen LogP contribution is 2.34. The minimum Gasteiger partial charge on any atom is -0.454 e. The van der Waals surface area contributed by atoms with Gasteiger partial charge in [-0.3, -0.25) is 14.2 Å². The van der Waals surface area contributed by atoms with E-state index in [1.54, 1.807) is 25.2 Å². The van der Waals surface area contributed by atoms with Crippen LogP contribution in [-0.2, 0) is 7.05 Å². The van der Waals surface area contributed by atoms with E-state index in [1.807, 2.05) is 36.4 Å². The number of thiophene rings is 1. The van der Waals surface area contributed by atoms with Crippen LogP contribution in [0, 0.1) is 0 Å². The van der Waals surface area contributed by atoms with Gasteiger partial charge < -0.3 is 9.47 Å². The van der Waals surface area contributed by atoms with Crippen LogP contribution in [0.5, 0.6) is 11.5 Å². The Labute approximate surface area is 180 Å². The van der Waals surface area contributed by atoms with Crippen molar-refractivity contribution < 1.29 is 14.3 Å². The van der Waals surface area contributed by atoms with Crippen molar-refractivity contribution >= 4 is 39.1 Å². The van der Waals surface area contributed by atoms with Crippen LogP contribution in [-0.4, -0.2) is 27.9 Å². The Morgan fingerprint density at radius 3 is 2.77 bits per heavy atom. The fraction of sp³-hybridized carbons (Fsp3) is 0.136. The normalized spacial score (nSPS) is 12.4. The van der Waals surface area contributed by atoms with Gasteiger partial charge in [0.2, 0.25) is 6.79 Å². The summed E-state index contributed by atoms with van der Waals surface area (Å²) in [6.45, 7) is 0.166. The predicted octanol–water partition coefficient (Wildman–Crippen LogP) is 4.37. The molecule has 2 aromatic carbocycles. The Morgan fingerprint density at radius 1 is 1.13 bits per heavy atom. The number of rotatable bonds is 5. The van der Waals surface area contributed by atoms with E-state index in [-0.39, 0.29) is 23.9 Å². The smallest absolute Gasteiger partial charge is 0.262 e. The van der Waals surface area contributed by atoms with Gasteiger partial charge in [0, 0.05) is 17.5 Å². The largest absolute Gasteiger partial charge is 0.454 e. The molecule has 0 radical (unpaired) electrons. The lowest BCUT2D eigenvalue weighted by Crippen LogP contribution is -2.19. The first-order valence-electron chi connectivity index (χ1n) is 9.22. The molecule has 0 fully saturated rings. The van der Waals surface area contributed by atoms with Gasteiger partial charge in [0.25, 0.3) is 5.56 Å². The van der Waals surface area contributed by atoms with Gasteiger partial charge in [0.05, 0.1) is 11.1 Å². The van der Waals surface area contributed by atoms with Gasteiger partial charge >= 0.3 is 0 Å². The summed E-state index contributed by atoms with van der Waals surface area (Å²) >= 11 is 2.73. The summed E-state index contributed by atoms with van der Waals surface area (Å²) in [5, 5.41) is 1.11. The Bertz CT molecular complexity index is 1330. The lowest BCUT2D eigenvalue weighted by molar-refractivity contribution is 0.102. The number of ketones is 1. The van der Waals surface area contributed by atoms with E-state index in [4.69, 9.17) is 9.47 Å². The molecule has 2 aromatic heterocycles. The summed E-state index contributed by atoms with van der Waals surface area (Å²) in [4.78, 5) is 31.8. The molecule has 4 aromatic rings. The number of hydrogen-bond acceptors (Lipinski definition) is 7. The number of ether oxygens (including phenoxy) is 2. The average molecular weight is 437 g/mol. The standard InChI is InChI=1S/C22H16N2O4S2/c1-24-21(26)15-10-19(13-5-3-2-4-6-13)30-20(15)23-22(24)29-11-16(25)14-7-8-17-18(9-14)28-12-27-17/h2-10H,11-12H2,1H3. The minimum atomic E-state index is -0.114. The van der Waals surface area contributed by atoms with Crippen molar-refractivity contribution in [2.45, 2.75) is 5.16 Å². The monoisotopic (exact) mass is 436 g/mol. The summed E-state index contributed by atoms with van der Waals surface area (Å²) < 4.78 is 12.1. The van der Waals surface area contributed by atoms with Crippen LogP contribution in [0.4, 0.5) is 0 Å². The van der Waals surface area contributed by atoms with E-state index in [0.29, 0.717) is 32.4 Å². The van der Waals surface area contributed by atoms with E-state index in [2.05, 4.69) is 4.98 Å². The van der Waals surface area contributed by atoms with E-state index >= 15 is 0 Å². The zero-order chi connectivity index (χ0) is 20.7. The minimum absolute atomic E-state index is 0.0659. The number of benzene rings is 2. The second kappa shape index (κ2) is 7.62. The summed E-state index contributed by atoms with van der Waals surface area (Å²) in [6, 6.07) is 16.9. The molecule has 0 amide bonds. The number of nitrogens with zero attached hydrogens (tertiary/aromatic N) is 2. The van der Waals surface area contributed by atoms with Crippen molar-refractivity contribution in [1.82, 2.24) is 9.55 Å². The molecule has 0 saturated carbocycles. The topological polar surface area (TPSA) is 70.4 Å². The average Bonchev–Trinajstić information content (AvgIpc) is 3.42. The van der Waals surface area contributed by atoms with Gasteiger partial charge in [-0.05, 0) is 29.8 Å². The molecule has 5 rings (SSSR count). The molecule has 150 valence electrons. The molecule has 0 unspecified atom stereocenters. The van der Waals surface area contributed by atoms with Crippen molar-refractivity contribution in [3.63, 3.8) is 0 Å². The van der Waals surface area contributed by atoms with Gasteiger partial charge in [-0.25, -0.2) is 4.98 Å². The number of aromatic nitrogens is 2. The van der Waals surface area contributed by atoms with Crippen LogP contribution in [0.2, 0.25) is 0 Å². The molecule has 1 aliphatic heterocycles. The zero-order valence-corrected chi connectivity index (χ0v) is 17.6. The molecule has 6 nitrogen and oxygen atoms in total. The SMILES string of the molecule is Cn1c(SCC(=O)c2ccc3c(c2)OCO3)nc2sc(-c3ccccc3)cc2c1=O. The number of Topliss-reactive ketones (excluding diaryl/α,β-unsaturated/α-hetero) is 1. The molecule has 30 heavy (non-hydrogen) atoms. The second-order valence-corrected chi connectivity index (χ2v) is 8.71. The molecule has 0 aliphatic carbocycles. The van der Waals surface area contributed by atoms with Crippen LogP contribution in [0.3, 0.4) is 0 Å². The summed E-state index contributed by atoms with van der Waals surface area (Å²) in [6.07, 6.45) is 0. The molecule has 0 N–H and O–H groups in total. The van der Waals surface area contributed by atoms with Crippen molar-refractivity contribution in [1.29, 1.82) is 0 Å². The highest BCUT2D eigenvalue weighted by atomic mass is 32.2. The molecule has 0 bridgehead atoms. The number of carbonyl (C=O) groups excluding carboxylic acids is 1. The summed E-state index contributed by atoms with van der Waals surface area (Å²) in [7, 11) is 1.68. The van der Waals surface area contributed by atoms with Crippen LogP contribution in [0.1, 0.15) is 10.4 Å². The lowest BCUT2D eigenvalue weighted by Gasteiger charge is -2.07. The number of fused-ring (bicyclic) bond motifs is 2. The number of carbonyl (C=O) groups is 1. The van der Waals surface area contributed by atoms with Crippen LogP contribution in [0.15, 0.2) is 64.5 Å². The zero-order valence-electron chi connectivity index (χ0n) is 16.0. The van der Waals surface area contributed by atoms with Crippen LogP contribution >= 0.6 is 23.1 Å². The van der Waals surface area contributed by atoms with Gasteiger partial charge in [0.15, 0.2) is 22.4 Å². The van der Waals surface area contributed by atoms with Crippen molar-refractivity contribution in [2.24, 2.45) is 7.05 Å². The molecule has 0 spiro atoms. The van der Waals surface area contributed by atoms with Gasteiger partial charge in [-0.2, -0.15) is 0 Å². The number of hydrogen-bond donors (Lipinski definition) is 0. The van der Waals surface area contributed by atoms with Gasteiger partial charge in [-0.15, -0.1) is 11.3 Å². The van der Waals surface area contributed by atoms with E-state index in [0.717, 1.165) is 10.4 Å². The van der Waals surface area contributed by atoms with E-state index < -0.39 is 0 Å². The second-order valence-electron chi connectivity index (χ2n) is 6.73. The van der Waals surface area contributed by atoms with Crippen LogP contribution < -0.4 is 15.0 Å². The Hall–Kier alpha value is -3.10. The lowest BCUT2D eigenvalue weighted by atomic mass is 10.1. The molecule has 0 saturated heterocycles. The Kier molecular flexibility index (Phi) is 4.80. The molecular weight excluding hydrogens is 420 g/mol. The fourth-order valence-corrected chi connectivity index (χ4v) is 5.15. The van der Waals surface area contributed by atoms with Gasteiger partial charge in [-0.1, -0.05) is 42.1 Å². The van der Waals surface area contributed by atoms with Crippen LogP contribution in [0.25, 0.3) is 20.7 Å². The molecule has 0 atom stereocenters. The highest BCUT2D eigenvalue weighted by molar-refractivity contribution is 7.99. The Morgan fingerprint density at radius 2 is 1.93 bits per heavy atom. The predicted molar refractivity (Wildman–Crippen MR) is 118 cm³/mol. The number of thioether (sulfide) groups is 1. The van der Waals surface area contributed by atoms with E-state index in [1.165, 1.54) is 27.7 Å². The van der Waals surface area contributed by atoms with Crippen molar-refractivity contribution in [3.05, 3.63) is 70.5 Å². The first kappa shape index (κ1) is 18.9.